The van der Waals surface area contributed by atoms with Crippen molar-refractivity contribution in [3.05, 3.63) is 30.3 Å². The molecule has 0 amide bonds. The highest BCUT2D eigenvalue weighted by Gasteiger charge is 2.24. The van der Waals surface area contributed by atoms with E-state index in [1.54, 1.807) is 12.1 Å². The first-order chi connectivity index (χ1) is 10.0. The number of aromatic nitrogens is 4. The lowest BCUT2D eigenvalue weighted by molar-refractivity contribution is 0.557. The monoisotopic (exact) mass is 311 g/mol. The molecule has 0 aliphatic carbocycles. The van der Waals surface area contributed by atoms with E-state index < -0.39 is 9.84 Å². The molecule has 9 heteroatoms. The number of tetrazole rings is 1. The Balaban J connectivity index is 1.78. The normalized spacial score (nSPS) is 18.5. The fraction of sp³-hybridized carbons (Fsp3) is 0.417. The van der Waals surface area contributed by atoms with E-state index in [0.717, 1.165) is 0 Å². The molecule has 112 valence electrons. The third kappa shape index (κ3) is 3.18. The topological polar surface area (TPSA) is 89.8 Å². The van der Waals surface area contributed by atoms with E-state index >= 15 is 0 Å². The molecule has 0 saturated carbocycles. The first kappa shape index (κ1) is 13.9. The average Bonchev–Trinajstić information content (AvgIpc) is 2.97. The molecule has 0 radical (unpaired) electrons. The summed E-state index contributed by atoms with van der Waals surface area (Å²) in [5.74, 6) is -0.113. The largest absolute Gasteiger partial charge is 0.380 e. The molecule has 1 N–H and O–H groups in total. The number of hydrogen-bond acceptors (Lipinski definition) is 6. The third-order valence-electron chi connectivity index (χ3n) is 3.48. The summed E-state index contributed by atoms with van der Waals surface area (Å²) in [6.07, 6.45) is 2.39. The summed E-state index contributed by atoms with van der Waals surface area (Å²) in [5, 5.41) is 13.9. The van der Waals surface area contributed by atoms with Gasteiger partial charge in [-0.1, -0.05) is 0 Å². The van der Waals surface area contributed by atoms with Gasteiger partial charge in [0.2, 0.25) is 0 Å². The van der Waals surface area contributed by atoms with E-state index in [-0.39, 0.29) is 23.4 Å². The lowest BCUT2D eigenvalue weighted by Crippen LogP contribution is -2.32. The van der Waals surface area contributed by atoms with Crippen LogP contribution in [-0.4, -0.2) is 46.2 Å². The quantitative estimate of drug-likeness (QED) is 0.901. The average molecular weight is 311 g/mol. The van der Waals surface area contributed by atoms with Crippen molar-refractivity contribution in [1.82, 2.24) is 20.2 Å². The lowest BCUT2D eigenvalue weighted by Gasteiger charge is -2.24. The maximum atomic E-state index is 13.9. The van der Waals surface area contributed by atoms with Gasteiger partial charge in [0.1, 0.15) is 22.0 Å². The van der Waals surface area contributed by atoms with Crippen LogP contribution in [0.5, 0.6) is 0 Å². The standard InChI is InChI=1S/C12H14FN5O2S/c13-11-2-1-10(18-8-14-16-17-18)7-12(11)15-9-3-5-21(19,20)6-4-9/h1-2,7-9,15H,3-6H2. The molecule has 2 aromatic rings. The number of anilines is 1. The molecule has 1 aromatic heterocycles. The summed E-state index contributed by atoms with van der Waals surface area (Å²) in [6, 6.07) is 4.46. The van der Waals surface area contributed by atoms with Gasteiger partial charge < -0.3 is 5.32 Å². The number of benzene rings is 1. The second-order valence-corrected chi connectivity index (χ2v) is 7.29. The van der Waals surface area contributed by atoms with Gasteiger partial charge in [-0.15, -0.1) is 5.10 Å². The molecule has 1 aromatic carbocycles. The van der Waals surface area contributed by atoms with Gasteiger partial charge in [-0.3, -0.25) is 0 Å². The number of nitrogens with zero attached hydrogens (tertiary/aromatic N) is 4. The van der Waals surface area contributed by atoms with Gasteiger partial charge in [-0.05, 0) is 41.5 Å². The Morgan fingerprint density at radius 1 is 1.29 bits per heavy atom. The number of hydrogen-bond donors (Lipinski definition) is 1. The van der Waals surface area contributed by atoms with Gasteiger partial charge >= 0.3 is 0 Å². The zero-order valence-electron chi connectivity index (χ0n) is 11.1. The maximum Gasteiger partial charge on any atom is 0.150 e. The lowest BCUT2D eigenvalue weighted by atomic mass is 10.1. The van der Waals surface area contributed by atoms with Crippen LogP contribution in [0.3, 0.4) is 0 Å². The third-order valence-corrected chi connectivity index (χ3v) is 5.19. The molecule has 0 atom stereocenters. The first-order valence-corrected chi connectivity index (χ1v) is 8.35. The molecule has 0 spiro atoms. The molecule has 1 aliphatic heterocycles. The molecule has 1 saturated heterocycles. The molecule has 7 nitrogen and oxygen atoms in total. The number of halogens is 1. The van der Waals surface area contributed by atoms with E-state index in [9.17, 15) is 12.8 Å². The second kappa shape index (κ2) is 5.40. The van der Waals surface area contributed by atoms with Crippen LogP contribution in [0.2, 0.25) is 0 Å². The van der Waals surface area contributed by atoms with E-state index in [2.05, 4.69) is 20.8 Å². The van der Waals surface area contributed by atoms with Gasteiger partial charge in [-0.2, -0.15) is 0 Å². The highest BCUT2D eigenvalue weighted by atomic mass is 32.2. The summed E-state index contributed by atoms with van der Waals surface area (Å²) in [7, 11) is -2.93. The van der Waals surface area contributed by atoms with Crippen molar-refractivity contribution in [2.75, 3.05) is 16.8 Å². The van der Waals surface area contributed by atoms with Crippen LogP contribution in [0.4, 0.5) is 10.1 Å². The van der Waals surface area contributed by atoms with Crippen LogP contribution >= 0.6 is 0 Å². The molecule has 3 rings (SSSR count). The number of nitrogens with one attached hydrogen (secondary N) is 1. The SMILES string of the molecule is O=S1(=O)CCC(Nc2cc(-n3cnnn3)ccc2F)CC1. The molecule has 1 aliphatic rings. The fourth-order valence-corrected chi connectivity index (χ4v) is 3.79. The van der Waals surface area contributed by atoms with Crippen molar-refractivity contribution in [2.24, 2.45) is 0 Å². The minimum absolute atomic E-state index is 0.0489. The summed E-state index contributed by atoms with van der Waals surface area (Å²) in [5.41, 5.74) is 0.958. The zero-order valence-corrected chi connectivity index (χ0v) is 11.9. The predicted octanol–water partition coefficient (Wildman–Crippen LogP) is 0.790. The summed E-state index contributed by atoms with van der Waals surface area (Å²) in [4.78, 5) is 0. The van der Waals surface area contributed by atoms with Gasteiger partial charge in [0.25, 0.3) is 0 Å². The van der Waals surface area contributed by atoms with Crippen LogP contribution in [0.25, 0.3) is 5.69 Å². The number of rotatable bonds is 3. The van der Waals surface area contributed by atoms with Crippen LogP contribution < -0.4 is 5.32 Å². The predicted molar refractivity (Wildman–Crippen MR) is 74.4 cm³/mol. The van der Waals surface area contributed by atoms with E-state index in [1.807, 2.05) is 0 Å². The van der Waals surface area contributed by atoms with Gasteiger partial charge in [0, 0.05) is 6.04 Å². The van der Waals surface area contributed by atoms with E-state index in [1.165, 1.54) is 17.1 Å². The van der Waals surface area contributed by atoms with E-state index in [4.69, 9.17) is 0 Å². The van der Waals surface area contributed by atoms with Crippen molar-refractivity contribution < 1.29 is 12.8 Å². The van der Waals surface area contributed by atoms with Gasteiger partial charge in [0.05, 0.1) is 22.9 Å². The van der Waals surface area contributed by atoms with Crippen molar-refractivity contribution in [3.63, 3.8) is 0 Å². The Kier molecular flexibility index (Phi) is 3.58. The van der Waals surface area contributed by atoms with E-state index in [0.29, 0.717) is 24.2 Å². The van der Waals surface area contributed by atoms with Crippen molar-refractivity contribution >= 4 is 15.5 Å². The molecule has 0 unspecified atom stereocenters. The van der Waals surface area contributed by atoms with Crippen LogP contribution in [0, 0.1) is 5.82 Å². The summed E-state index contributed by atoms with van der Waals surface area (Å²) < 4.78 is 38.1. The Bertz CT molecular complexity index is 718. The van der Waals surface area contributed by atoms with Crippen molar-refractivity contribution in [1.29, 1.82) is 0 Å². The van der Waals surface area contributed by atoms with Crippen molar-refractivity contribution in [3.8, 4) is 5.69 Å². The van der Waals surface area contributed by atoms with Crippen LogP contribution in [-0.2, 0) is 9.84 Å². The van der Waals surface area contributed by atoms with Crippen LogP contribution in [0.15, 0.2) is 24.5 Å². The Labute approximate surface area is 121 Å². The minimum atomic E-state index is -2.93. The van der Waals surface area contributed by atoms with Crippen molar-refractivity contribution in [2.45, 2.75) is 18.9 Å². The smallest absolute Gasteiger partial charge is 0.150 e. The Morgan fingerprint density at radius 3 is 2.71 bits per heavy atom. The minimum Gasteiger partial charge on any atom is -0.380 e. The molecule has 2 heterocycles. The first-order valence-electron chi connectivity index (χ1n) is 6.53. The number of sulfone groups is 1. The molecule has 1 fully saturated rings. The molecular formula is C12H14FN5O2S. The highest BCUT2D eigenvalue weighted by molar-refractivity contribution is 7.91. The second-order valence-electron chi connectivity index (χ2n) is 4.99. The molecule has 21 heavy (non-hydrogen) atoms. The Hall–Kier alpha value is -2.03. The molecular weight excluding hydrogens is 297 g/mol. The summed E-state index contributed by atoms with van der Waals surface area (Å²) in [6.45, 7) is 0. The molecule has 0 bridgehead atoms. The summed E-state index contributed by atoms with van der Waals surface area (Å²) >= 11 is 0. The highest BCUT2D eigenvalue weighted by Crippen LogP contribution is 2.22. The fourth-order valence-electron chi connectivity index (χ4n) is 2.30. The zero-order chi connectivity index (χ0) is 14.9. The van der Waals surface area contributed by atoms with Gasteiger partial charge in [0.15, 0.2) is 0 Å². The maximum absolute atomic E-state index is 13.9. The van der Waals surface area contributed by atoms with Gasteiger partial charge in [-0.25, -0.2) is 17.5 Å². The Morgan fingerprint density at radius 2 is 2.05 bits per heavy atom. The van der Waals surface area contributed by atoms with Crippen LogP contribution in [0.1, 0.15) is 12.8 Å².